The van der Waals surface area contributed by atoms with Gasteiger partial charge in [0.15, 0.2) is 6.10 Å². The molecule has 0 saturated heterocycles. The molecule has 488 valence electrons. The summed E-state index contributed by atoms with van der Waals surface area (Å²) in [5.41, 5.74) is 0. The van der Waals surface area contributed by atoms with Gasteiger partial charge in [0.05, 0.1) is 0 Å². The van der Waals surface area contributed by atoms with Gasteiger partial charge in [0.25, 0.3) is 0 Å². The van der Waals surface area contributed by atoms with Crippen LogP contribution in [-0.2, 0) is 28.6 Å². The van der Waals surface area contributed by atoms with E-state index in [1.165, 1.54) is 315 Å². The van der Waals surface area contributed by atoms with Gasteiger partial charge in [-0.15, -0.1) is 0 Å². The Balaban J connectivity index is 4.23. The fourth-order valence-corrected chi connectivity index (χ4v) is 11.5. The number of carbonyl (C=O) groups excluding carboxylic acids is 3. The molecule has 0 rings (SSSR count). The number of hydrogen-bond acceptors (Lipinski definition) is 6. The van der Waals surface area contributed by atoms with Crippen LogP contribution in [0.5, 0.6) is 0 Å². The van der Waals surface area contributed by atoms with E-state index in [9.17, 15) is 14.4 Å². The van der Waals surface area contributed by atoms with Crippen LogP contribution in [0.25, 0.3) is 0 Å². The third kappa shape index (κ3) is 70.3. The van der Waals surface area contributed by atoms with Crippen LogP contribution in [0.15, 0.2) is 36.5 Å². The van der Waals surface area contributed by atoms with Gasteiger partial charge in [-0.2, -0.15) is 0 Å². The Hall–Kier alpha value is -2.37. The summed E-state index contributed by atoms with van der Waals surface area (Å²) in [6, 6.07) is 0. The van der Waals surface area contributed by atoms with Crippen molar-refractivity contribution in [2.45, 2.75) is 425 Å². The zero-order chi connectivity index (χ0) is 59.9. The van der Waals surface area contributed by atoms with E-state index in [1.807, 2.05) is 0 Å². The Kier molecular flexibility index (Phi) is 70.0. The highest BCUT2D eigenvalue weighted by Crippen LogP contribution is 2.19. The lowest BCUT2D eigenvalue weighted by atomic mass is 10.0. The summed E-state index contributed by atoms with van der Waals surface area (Å²) in [4.78, 5) is 38.5. The maximum Gasteiger partial charge on any atom is 0.306 e. The van der Waals surface area contributed by atoms with E-state index >= 15 is 0 Å². The highest BCUT2D eigenvalue weighted by Gasteiger charge is 2.20. The van der Waals surface area contributed by atoms with Crippen LogP contribution in [0.1, 0.15) is 419 Å². The number of carbonyl (C=O) groups is 3. The van der Waals surface area contributed by atoms with Crippen LogP contribution in [0.3, 0.4) is 0 Å². The van der Waals surface area contributed by atoms with Crippen molar-refractivity contribution in [2.24, 2.45) is 0 Å². The van der Waals surface area contributed by atoms with Crippen molar-refractivity contribution in [3.05, 3.63) is 36.5 Å². The molecule has 0 heterocycles. The molecule has 0 radical (unpaired) electrons. The molecule has 1 atom stereocenters. The van der Waals surface area contributed by atoms with Gasteiger partial charge < -0.3 is 14.2 Å². The zero-order valence-corrected chi connectivity index (χ0v) is 56.2. The Labute approximate surface area is 518 Å². The van der Waals surface area contributed by atoms with Gasteiger partial charge in [-0.1, -0.05) is 359 Å². The molecule has 0 fully saturated rings. The molecule has 0 spiro atoms. The van der Waals surface area contributed by atoms with Gasteiger partial charge in [0.1, 0.15) is 13.2 Å². The topological polar surface area (TPSA) is 78.9 Å². The summed E-state index contributed by atoms with van der Waals surface area (Å²) in [6.07, 6.45) is 90.4. The van der Waals surface area contributed by atoms with Gasteiger partial charge in [-0.25, -0.2) is 0 Å². The molecule has 6 nitrogen and oxygen atoms in total. The Bertz CT molecular complexity index is 1380. The molecule has 0 aliphatic carbocycles. The predicted octanol–water partition coefficient (Wildman–Crippen LogP) is 25.9. The molecule has 0 amide bonds. The quantitative estimate of drug-likeness (QED) is 0.0261. The fourth-order valence-electron chi connectivity index (χ4n) is 11.5. The van der Waals surface area contributed by atoms with Crippen LogP contribution in [-0.4, -0.2) is 37.2 Å². The maximum absolute atomic E-state index is 13.0. The number of rotatable bonds is 70. The van der Waals surface area contributed by atoms with Crippen molar-refractivity contribution in [1.29, 1.82) is 0 Å². The van der Waals surface area contributed by atoms with E-state index in [-0.39, 0.29) is 31.1 Å². The molecule has 0 aromatic rings. The van der Waals surface area contributed by atoms with Gasteiger partial charge in [0.2, 0.25) is 0 Å². The van der Waals surface area contributed by atoms with E-state index in [4.69, 9.17) is 14.2 Å². The molecular weight excluding hydrogens is 1020 g/mol. The average molecular weight is 1170 g/mol. The Morgan fingerprint density at radius 1 is 0.241 bits per heavy atom. The largest absolute Gasteiger partial charge is 0.462 e. The molecule has 6 heteroatoms. The molecule has 0 N–H and O–H groups in total. The molecule has 0 aromatic carbocycles. The lowest BCUT2D eigenvalue weighted by molar-refractivity contribution is -0.167. The van der Waals surface area contributed by atoms with Crippen LogP contribution in [0.2, 0.25) is 0 Å². The summed E-state index contributed by atoms with van der Waals surface area (Å²) >= 11 is 0. The second-order valence-corrected chi connectivity index (χ2v) is 25.6. The minimum Gasteiger partial charge on any atom is -0.462 e. The SMILES string of the molecule is CCCCCCC/C=C\C/C=C\CCCCCCCCCCCCCCCCCCCC(=O)OCC(COC(=O)CCCCCCCCC/C=C\CCCCCCCC)OC(=O)CCCCCCCCCCCCCCCCCCCCC. The normalized spacial score (nSPS) is 12.2. The fraction of sp³-hybridized carbons (Fsp3) is 0.883. The van der Waals surface area contributed by atoms with Crippen LogP contribution in [0, 0.1) is 0 Å². The van der Waals surface area contributed by atoms with E-state index < -0.39 is 6.10 Å². The monoisotopic (exact) mass is 1170 g/mol. The van der Waals surface area contributed by atoms with Crippen molar-refractivity contribution in [3.8, 4) is 0 Å². The summed E-state index contributed by atoms with van der Waals surface area (Å²) in [5.74, 6) is -0.837. The first-order chi connectivity index (χ1) is 41.0. The van der Waals surface area contributed by atoms with Crippen LogP contribution >= 0.6 is 0 Å². The molecule has 1 unspecified atom stereocenters. The lowest BCUT2D eigenvalue weighted by Gasteiger charge is -2.18. The van der Waals surface area contributed by atoms with Crippen molar-refractivity contribution in [1.82, 2.24) is 0 Å². The summed E-state index contributed by atoms with van der Waals surface area (Å²) < 4.78 is 17.0. The molecule has 0 aromatic heterocycles. The van der Waals surface area contributed by atoms with E-state index in [1.54, 1.807) is 0 Å². The standard InChI is InChI=1S/C77H144O6/c1-4-7-10-13-16-19-22-25-28-31-33-34-35-36-37-38-39-40-41-42-44-46-49-52-55-58-61-64-67-70-76(79)82-73-74(72-81-75(78)69-66-63-60-57-54-51-48-45-30-27-24-21-18-15-12-9-6-3)83-77(80)71-68-65-62-59-56-53-50-47-43-32-29-26-23-20-17-14-11-8-5-2/h22,25,27,30-31,33,74H,4-21,23-24,26,28-29,32,34-73H2,1-3H3/b25-22-,30-27-,33-31-. The minimum absolute atomic E-state index is 0.0672. The summed E-state index contributed by atoms with van der Waals surface area (Å²) in [7, 11) is 0. The lowest BCUT2D eigenvalue weighted by Crippen LogP contribution is -2.30. The number of ether oxygens (including phenoxy) is 3. The van der Waals surface area contributed by atoms with E-state index in [0.29, 0.717) is 19.3 Å². The first kappa shape index (κ1) is 80.6. The van der Waals surface area contributed by atoms with Crippen molar-refractivity contribution < 1.29 is 28.6 Å². The first-order valence-corrected chi connectivity index (χ1v) is 37.5. The first-order valence-electron chi connectivity index (χ1n) is 37.5. The molecule has 83 heavy (non-hydrogen) atoms. The highest BCUT2D eigenvalue weighted by molar-refractivity contribution is 5.71. The van der Waals surface area contributed by atoms with Gasteiger partial charge in [0, 0.05) is 19.3 Å². The third-order valence-electron chi connectivity index (χ3n) is 17.1. The zero-order valence-electron chi connectivity index (χ0n) is 56.2. The number of allylic oxidation sites excluding steroid dienone is 6. The van der Waals surface area contributed by atoms with E-state index in [2.05, 4.69) is 57.2 Å². The molecule has 0 saturated carbocycles. The van der Waals surface area contributed by atoms with Crippen LogP contribution in [0.4, 0.5) is 0 Å². The van der Waals surface area contributed by atoms with Gasteiger partial charge in [-0.05, 0) is 77.0 Å². The summed E-state index contributed by atoms with van der Waals surface area (Å²) in [5, 5.41) is 0. The Morgan fingerprint density at radius 3 is 0.675 bits per heavy atom. The van der Waals surface area contributed by atoms with Crippen molar-refractivity contribution in [2.75, 3.05) is 13.2 Å². The Morgan fingerprint density at radius 2 is 0.434 bits per heavy atom. The van der Waals surface area contributed by atoms with E-state index in [0.717, 1.165) is 64.2 Å². The number of hydrogen-bond donors (Lipinski definition) is 0. The number of unbranched alkanes of at least 4 members (excludes halogenated alkanes) is 53. The predicted molar refractivity (Wildman–Crippen MR) is 362 cm³/mol. The van der Waals surface area contributed by atoms with Gasteiger partial charge >= 0.3 is 17.9 Å². The van der Waals surface area contributed by atoms with Crippen molar-refractivity contribution >= 4 is 17.9 Å². The van der Waals surface area contributed by atoms with Gasteiger partial charge in [-0.3, -0.25) is 14.4 Å². The smallest absolute Gasteiger partial charge is 0.306 e. The molecular formula is C77H144O6. The second kappa shape index (κ2) is 72.1. The summed E-state index contributed by atoms with van der Waals surface area (Å²) in [6.45, 7) is 6.71. The van der Waals surface area contributed by atoms with Crippen molar-refractivity contribution in [3.63, 3.8) is 0 Å². The maximum atomic E-state index is 13.0. The molecule has 0 aliphatic rings. The average Bonchev–Trinajstić information content (AvgIpc) is 3.49. The third-order valence-corrected chi connectivity index (χ3v) is 17.1. The molecule has 0 bridgehead atoms. The molecule has 0 aliphatic heterocycles. The highest BCUT2D eigenvalue weighted by atomic mass is 16.6. The van der Waals surface area contributed by atoms with Crippen LogP contribution < -0.4 is 0 Å². The second-order valence-electron chi connectivity index (χ2n) is 25.6. The minimum atomic E-state index is -0.772. The number of esters is 3.